The second-order valence-electron chi connectivity index (χ2n) is 4.00. The van der Waals surface area contributed by atoms with Crippen molar-refractivity contribution in [2.75, 3.05) is 0 Å². The van der Waals surface area contributed by atoms with E-state index in [1.807, 2.05) is 0 Å². The van der Waals surface area contributed by atoms with Crippen molar-refractivity contribution in [2.45, 2.75) is 26.2 Å². The molecule has 0 radical (unpaired) electrons. The van der Waals surface area contributed by atoms with Crippen molar-refractivity contribution < 1.29 is 0 Å². The second kappa shape index (κ2) is 3.92. The van der Waals surface area contributed by atoms with Crippen molar-refractivity contribution in [1.82, 2.24) is 0 Å². The summed E-state index contributed by atoms with van der Waals surface area (Å²) in [6, 6.07) is 4.13. The standard InChI is InChI=1S/C10H11Br2Cl/c1-10(2,3)6-4-7(11)9(13)8(12)5-6/h4-5H,1-3H3. The smallest absolute Gasteiger partial charge is 0.0690 e. The van der Waals surface area contributed by atoms with Crippen molar-refractivity contribution in [1.29, 1.82) is 0 Å². The first-order valence-electron chi connectivity index (χ1n) is 3.97. The van der Waals surface area contributed by atoms with Crippen LogP contribution >= 0.6 is 43.5 Å². The molecule has 0 aromatic heterocycles. The first-order chi connectivity index (χ1) is 5.82. The molecule has 0 fully saturated rings. The Morgan fingerprint density at radius 1 is 1.08 bits per heavy atom. The molecule has 0 N–H and O–H groups in total. The van der Waals surface area contributed by atoms with Crippen molar-refractivity contribution in [3.8, 4) is 0 Å². The number of benzene rings is 1. The van der Waals surface area contributed by atoms with Gasteiger partial charge in [-0.1, -0.05) is 32.4 Å². The van der Waals surface area contributed by atoms with Gasteiger partial charge in [-0.25, -0.2) is 0 Å². The van der Waals surface area contributed by atoms with Gasteiger partial charge in [-0.15, -0.1) is 0 Å². The van der Waals surface area contributed by atoms with Crippen LogP contribution in [0.25, 0.3) is 0 Å². The molecule has 0 bridgehead atoms. The van der Waals surface area contributed by atoms with E-state index < -0.39 is 0 Å². The van der Waals surface area contributed by atoms with Crippen LogP contribution in [-0.4, -0.2) is 0 Å². The zero-order valence-electron chi connectivity index (χ0n) is 7.79. The summed E-state index contributed by atoms with van der Waals surface area (Å²) in [7, 11) is 0. The predicted octanol–water partition coefficient (Wildman–Crippen LogP) is 5.16. The van der Waals surface area contributed by atoms with Crippen molar-refractivity contribution in [2.24, 2.45) is 0 Å². The normalized spacial score (nSPS) is 11.8. The van der Waals surface area contributed by atoms with Gasteiger partial charge in [0.1, 0.15) is 0 Å². The monoisotopic (exact) mass is 324 g/mol. The number of rotatable bonds is 0. The van der Waals surface area contributed by atoms with Gasteiger partial charge in [0.05, 0.1) is 5.02 Å². The fraction of sp³-hybridized carbons (Fsp3) is 0.400. The Labute approximate surface area is 101 Å². The summed E-state index contributed by atoms with van der Waals surface area (Å²) < 4.78 is 1.88. The lowest BCUT2D eigenvalue weighted by Crippen LogP contribution is -2.10. The van der Waals surface area contributed by atoms with Crippen LogP contribution < -0.4 is 0 Å². The fourth-order valence-electron chi connectivity index (χ4n) is 0.989. The van der Waals surface area contributed by atoms with E-state index in [0.717, 1.165) is 14.0 Å². The van der Waals surface area contributed by atoms with Gasteiger partial charge in [0.25, 0.3) is 0 Å². The topological polar surface area (TPSA) is 0 Å². The summed E-state index contributed by atoms with van der Waals surface area (Å²) in [6.45, 7) is 6.53. The maximum atomic E-state index is 6.01. The van der Waals surface area contributed by atoms with E-state index in [4.69, 9.17) is 11.6 Å². The zero-order chi connectivity index (χ0) is 10.2. The van der Waals surface area contributed by atoms with Crippen LogP contribution in [0.4, 0.5) is 0 Å². The molecule has 0 aliphatic heterocycles. The molecule has 0 saturated heterocycles. The molecule has 0 spiro atoms. The summed E-state index contributed by atoms with van der Waals surface area (Å²) in [6.07, 6.45) is 0. The van der Waals surface area contributed by atoms with Crippen LogP contribution in [-0.2, 0) is 5.41 Å². The molecule has 0 saturated carbocycles. The van der Waals surface area contributed by atoms with Crippen LogP contribution in [0.3, 0.4) is 0 Å². The molecule has 13 heavy (non-hydrogen) atoms. The molecular formula is C10H11Br2Cl. The third kappa shape index (κ3) is 2.71. The van der Waals surface area contributed by atoms with E-state index in [2.05, 4.69) is 64.8 Å². The van der Waals surface area contributed by atoms with E-state index in [-0.39, 0.29) is 5.41 Å². The molecule has 0 amide bonds. The van der Waals surface area contributed by atoms with Crippen LogP contribution in [0.15, 0.2) is 21.1 Å². The average Bonchev–Trinajstić information content (AvgIpc) is 1.97. The summed E-state index contributed by atoms with van der Waals surface area (Å²) in [5.74, 6) is 0. The minimum absolute atomic E-state index is 0.148. The predicted molar refractivity (Wildman–Crippen MR) is 65.6 cm³/mol. The molecular weight excluding hydrogens is 315 g/mol. The highest BCUT2D eigenvalue weighted by Gasteiger charge is 2.16. The molecule has 0 atom stereocenters. The lowest BCUT2D eigenvalue weighted by Gasteiger charge is -2.20. The highest BCUT2D eigenvalue weighted by molar-refractivity contribution is 9.11. The number of halogens is 3. The molecule has 0 aliphatic carbocycles. The third-order valence-electron chi connectivity index (χ3n) is 1.85. The van der Waals surface area contributed by atoms with E-state index in [1.165, 1.54) is 5.56 Å². The van der Waals surface area contributed by atoms with Gasteiger partial charge in [-0.2, -0.15) is 0 Å². The zero-order valence-corrected chi connectivity index (χ0v) is 11.7. The van der Waals surface area contributed by atoms with E-state index >= 15 is 0 Å². The minimum atomic E-state index is 0.148. The van der Waals surface area contributed by atoms with Gasteiger partial charge >= 0.3 is 0 Å². The maximum Gasteiger partial charge on any atom is 0.0690 e. The fourth-order valence-corrected chi connectivity index (χ4v) is 2.28. The van der Waals surface area contributed by atoms with Gasteiger partial charge in [-0.3, -0.25) is 0 Å². The molecule has 1 aromatic carbocycles. The molecule has 0 heterocycles. The SMILES string of the molecule is CC(C)(C)c1cc(Br)c(Cl)c(Br)c1. The van der Waals surface area contributed by atoms with E-state index in [9.17, 15) is 0 Å². The Morgan fingerprint density at radius 3 is 1.77 bits per heavy atom. The number of hydrogen-bond acceptors (Lipinski definition) is 0. The van der Waals surface area contributed by atoms with Crippen LogP contribution in [0.2, 0.25) is 5.02 Å². The summed E-state index contributed by atoms with van der Waals surface area (Å²) in [5, 5.41) is 0.730. The van der Waals surface area contributed by atoms with Crippen LogP contribution in [0.1, 0.15) is 26.3 Å². The minimum Gasteiger partial charge on any atom is -0.0819 e. The van der Waals surface area contributed by atoms with Gasteiger partial charge in [0, 0.05) is 8.95 Å². The molecule has 3 heteroatoms. The van der Waals surface area contributed by atoms with Gasteiger partial charge in [0.15, 0.2) is 0 Å². The lowest BCUT2D eigenvalue weighted by atomic mass is 9.87. The van der Waals surface area contributed by atoms with Gasteiger partial charge in [-0.05, 0) is 55.0 Å². The Hall–Kier alpha value is 0.470. The Bertz CT molecular complexity index is 303. The first-order valence-corrected chi connectivity index (χ1v) is 5.94. The molecule has 72 valence electrons. The summed E-state index contributed by atoms with van der Waals surface area (Å²) in [5.41, 5.74) is 1.41. The van der Waals surface area contributed by atoms with Crippen molar-refractivity contribution in [3.63, 3.8) is 0 Å². The van der Waals surface area contributed by atoms with Crippen LogP contribution in [0.5, 0.6) is 0 Å². The summed E-state index contributed by atoms with van der Waals surface area (Å²) in [4.78, 5) is 0. The Morgan fingerprint density at radius 2 is 1.46 bits per heavy atom. The average molecular weight is 326 g/mol. The lowest BCUT2D eigenvalue weighted by molar-refractivity contribution is 0.589. The Kier molecular flexibility index (Phi) is 3.48. The van der Waals surface area contributed by atoms with Gasteiger partial charge < -0.3 is 0 Å². The molecule has 0 aliphatic rings. The maximum absolute atomic E-state index is 6.01. The third-order valence-corrected chi connectivity index (χ3v) is 3.96. The molecule has 0 unspecified atom stereocenters. The molecule has 0 nitrogen and oxygen atoms in total. The van der Waals surface area contributed by atoms with Gasteiger partial charge in [0.2, 0.25) is 0 Å². The van der Waals surface area contributed by atoms with Crippen molar-refractivity contribution >= 4 is 43.5 Å². The van der Waals surface area contributed by atoms with Crippen molar-refractivity contribution in [3.05, 3.63) is 31.7 Å². The highest BCUT2D eigenvalue weighted by atomic mass is 79.9. The molecule has 1 rings (SSSR count). The molecule has 1 aromatic rings. The second-order valence-corrected chi connectivity index (χ2v) is 6.09. The van der Waals surface area contributed by atoms with Crippen LogP contribution in [0, 0.1) is 0 Å². The van der Waals surface area contributed by atoms with E-state index in [1.54, 1.807) is 0 Å². The summed E-state index contributed by atoms with van der Waals surface area (Å²) >= 11 is 12.9. The quantitative estimate of drug-likeness (QED) is 0.578. The first kappa shape index (κ1) is 11.5. The largest absolute Gasteiger partial charge is 0.0819 e. The number of hydrogen-bond donors (Lipinski definition) is 0. The Balaban J connectivity index is 3.29. The van der Waals surface area contributed by atoms with E-state index in [0.29, 0.717) is 0 Å². The highest BCUT2D eigenvalue weighted by Crippen LogP contribution is 2.35.